The van der Waals surface area contributed by atoms with Crippen LogP contribution in [-0.4, -0.2) is 93.2 Å². The number of hydrogen-bond acceptors (Lipinski definition) is 12. The van der Waals surface area contributed by atoms with Gasteiger partial charge in [-0.05, 0) is 49.1 Å². The number of ketones is 1. The first kappa shape index (κ1) is 42.2. The molecule has 13 heteroatoms. The van der Waals surface area contributed by atoms with Crippen LogP contribution in [0.3, 0.4) is 0 Å². The zero-order valence-electron chi connectivity index (χ0n) is 33.5. The van der Waals surface area contributed by atoms with Crippen LogP contribution in [0.4, 0.5) is 0 Å². The number of amides is 1. The minimum Gasteiger partial charge on any atom is -0.458 e. The smallest absolute Gasteiger partial charge is 0.338 e. The molecule has 4 N–H and O–H groups in total. The molecule has 10 atom stereocenters. The molecule has 4 aliphatic rings. The Balaban J connectivity index is 1.45. The average Bonchev–Trinajstić information content (AvgIpc) is 3.16. The average molecular weight is 790 g/mol. The summed E-state index contributed by atoms with van der Waals surface area (Å²) in [6, 6.07) is 16.3. The van der Waals surface area contributed by atoms with E-state index in [0.29, 0.717) is 17.6 Å². The summed E-state index contributed by atoms with van der Waals surface area (Å²) in [5, 5.41) is 40.4. The van der Waals surface area contributed by atoms with Crippen molar-refractivity contribution in [3.8, 4) is 0 Å². The molecule has 1 amide bonds. The summed E-state index contributed by atoms with van der Waals surface area (Å²) < 4.78 is 24.4. The third kappa shape index (κ3) is 7.32. The number of carbonyl (C=O) groups excluding carboxylic acids is 5. The Labute approximate surface area is 333 Å². The van der Waals surface area contributed by atoms with Gasteiger partial charge in [-0.3, -0.25) is 19.2 Å². The summed E-state index contributed by atoms with van der Waals surface area (Å²) in [5.41, 5.74) is -6.24. The third-order valence-electron chi connectivity index (χ3n) is 13.1. The quantitative estimate of drug-likeness (QED) is 0.102. The summed E-state index contributed by atoms with van der Waals surface area (Å²) in [4.78, 5) is 68.9. The first-order valence-electron chi connectivity index (χ1n) is 19.9. The zero-order valence-corrected chi connectivity index (χ0v) is 33.5. The highest BCUT2D eigenvalue weighted by Gasteiger charge is 2.78. The first-order chi connectivity index (χ1) is 26.9. The van der Waals surface area contributed by atoms with Crippen LogP contribution in [0, 0.1) is 16.7 Å². The van der Waals surface area contributed by atoms with Gasteiger partial charge in [-0.15, -0.1) is 0 Å². The highest BCUT2D eigenvalue weighted by atomic mass is 16.6. The molecule has 1 saturated heterocycles. The van der Waals surface area contributed by atoms with Crippen molar-refractivity contribution >= 4 is 29.6 Å². The molecule has 1 heterocycles. The molecule has 0 radical (unpaired) electrons. The van der Waals surface area contributed by atoms with Crippen LogP contribution in [0.15, 0.2) is 71.8 Å². The highest BCUT2D eigenvalue weighted by Crippen LogP contribution is 2.64. The van der Waals surface area contributed by atoms with Crippen molar-refractivity contribution in [3.05, 3.63) is 82.9 Å². The Morgan fingerprint density at radius 3 is 2.21 bits per heavy atom. The van der Waals surface area contributed by atoms with Crippen LogP contribution in [0.1, 0.15) is 108 Å². The van der Waals surface area contributed by atoms with E-state index in [2.05, 4.69) is 5.32 Å². The number of unbranched alkanes of at least 4 members (excludes halogenated alkanes) is 2. The van der Waals surface area contributed by atoms with Crippen molar-refractivity contribution in [3.63, 3.8) is 0 Å². The van der Waals surface area contributed by atoms with Crippen molar-refractivity contribution in [1.29, 1.82) is 0 Å². The van der Waals surface area contributed by atoms with E-state index < -0.39 is 88.2 Å². The minimum absolute atomic E-state index is 0.0454. The summed E-state index contributed by atoms with van der Waals surface area (Å²) in [6.45, 7) is 9.24. The number of ether oxygens (including phenoxy) is 4. The number of carbonyl (C=O) groups is 5. The molecule has 6 rings (SSSR count). The number of hydrogen-bond donors (Lipinski definition) is 4. The fraction of sp³-hybridized carbons (Fsp3) is 0.568. The minimum atomic E-state index is -2.23. The number of esters is 3. The molecule has 2 aromatic carbocycles. The lowest BCUT2D eigenvalue weighted by molar-refractivity contribution is -0.345. The Morgan fingerprint density at radius 1 is 0.965 bits per heavy atom. The number of benzene rings is 2. The van der Waals surface area contributed by atoms with E-state index >= 15 is 0 Å². The molecule has 0 spiro atoms. The predicted octanol–water partition coefficient (Wildman–Crippen LogP) is 4.46. The van der Waals surface area contributed by atoms with Crippen LogP contribution in [-0.2, 0) is 38.1 Å². The highest BCUT2D eigenvalue weighted by molar-refractivity contribution is 5.94. The summed E-state index contributed by atoms with van der Waals surface area (Å²) in [6.07, 6.45) is -5.30. The molecule has 13 nitrogen and oxygen atoms in total. The largest absolute Gasteiger partial charge is 0.458 e. The van der Waals surface area contributed by atoms with E-state index in [0.717, 1.165) is 12.8 Å². The summed E-state index contributed by atoms with van der Waals surface area (Å²) >= 11 is 0. The Bertz CT molecular complexity index is 1900. The van der Waals surface area contributed by atoms with Crippen molar-refractivity contribution in [2.24, 2.45) is 16.7 Å². The van der Waals surface area contributed by atoms with Gasteiger partial charge >= 0.3 is 17.9 Å². The number of aliphatic hydroxyl groups is 3. The zero-order chi connectivity index (χ0) is 41.5. The SMILES string of the molecule is CCCCCC(=O)N[C@H](CC(=O)O[C@@H]1C[C@@]2(O)[C@@H](OC(=O)c3ccccc3)[C@@H]3[C@]4(OC(C)=O)CO[C@@H]4C[C@@H](O)[C@@]3(C)C(=O)[C@H](O)C(=C1C)C2(C)C)c1ccccc1. The van der Waals surface area contributed by atoms with Crippen LogP contribution in [0.2, 0.25) is 0 Å². The van der Waals surface area contributed by atoms with Crippen molar-refractivity contribution in [2.75, 3.05) is 6.61 Å². The van der Waals surface area contributed by atoms with Gasteiger partial charge in [0.15, 0.2) is 11.4 Å². The van der Waals surface area contributed by atoms with Gasteiger partial charge in [0.2, 0.25) is 5.91 Å². The second kappa shape index (κ2) is 16.1. The number of nitrogens with one attached hydrogen (secondary N) is 1. The number of fused-ring (bicyclic) bond motifs is 5. The van der Waals surface area contributed by atoms with Gasteiger partial charge in [0.1, 0.15) is 30.0 Å². The van der Waals surface area contributed by atoms with Gasteiger partial charge in [-0.25, -0.2) is 4.79 Å². The molecule has 2 saturated carbocycles. The third-order valence-corrected chi connectivity index (χ3v) is 13.1. The van der Waals surface area contributed by atoms with Crippen LogP contribution in [0.5, 0.6) is 0 Å². The van der Waals surface area contributed by atoms with E-state index in [9.17, 15) is 39.3 Å². The topological polar surface area (TPSA) is 195 Å². The second-order valence-electron chi connectivity index (χ2n) is 16.8. The van der Waals surface area contributed by atoms with Gasteiger partial charge in [-0.1, -0.05) is 82.1 Å². The molecule has 2 aromatic rings. The van der Waals surface area contributed by atoms with Gasteiger partial charge in [0, 0.05) is 31.6 Å². The summed E-state index contributed by atoms with van der Waals surface area (Å²) in [5.74, 6) is -4.84. The molecule has 57 heavy (non-hydrogen) atoms. The number of aliphatic hydroxyl groups excluding tert-OH is 2. The molecular formula is C44H55NO12. The first-order valence-corrected chi connectivity index (χ1v) is 19.9. The fourth-order valence-corrected chi connectivity index (χ4v) is 9.89. The maximum Gasteiger partial charge on any atom is 0.338 e. The molecule has 3 fully saturated rings. The Morgan fingerprint density at radius 2 is 1.61 bits per heavy atom. The van der Waals surface area contributed by atoms with Crippen molar-refractivity contribution < 1.29 is 58.2 Å². The standard InChI is InChI=1S/C44H55NO12/c1-7-8-11-20-33(48)45-29(27-16-12-9-13-17-27)21-34(49)55-30-23-44(53)39(56-40(52)28-18-14-10-15-19-28)37-42(6,38(51)36(50)35(25(30)2)41(44,4)5)31(47)22-32-43(37,24-54-32)57-26(3)46/h9-10,12-19,29-32,36-37,39,47,50,53H,7-8,11,20-24H2,1-6H3,(H,45,48)/t29-,30-,31-,32-,36-,37+,39+,42-,43+,44-/m1/s1. The molecule has 3 aliphatic carbocycles. The maximum atomic E-state index is 14.9. The molecule has 0 aromatic heterocycles. The van der Waals surface area contributed by atoms with Crippen LogP contribution < -0.4 is 5.32 Å². The number of Topliss-reactive ketones (excluding diaryl/α,β-unsaturated/α-hetero) is 1. The van der Waals surface area contributed by atoms with Gasteiger partial charge < -0.3 is 39.6 Å². The Hall–Kier alpha value is -4.43. The summed E-state index contributed by atoms with van der Waals surface area (Å²) in [7, 11) is 0. The van der Waals surface area contributed by atoms with Crippen molar-refractivity contribution in [1.82, 2.24) is 5.32 Å². The second-order valence-corrected chi connectivity index (χ2v) is 16.8. The maximum absolute atomic E-state index is 14.9. The number of rotatable bonds is 12. The Kier molecular flexibility index (Phi) is 11.9. The lowest BCUT2D eigenvalue weighted by Crippen LogP contribution is -2.81. The lowest BCUT2D eigenvalue weighted by atomic mass is 9.44. The molecule has 2 bridgehead atoms. The van der Waals surface area contributed by atoms with Gasteiger partial charge in [-0.2, -0.15) is 0 Å². The fourth-order valence-electron chi connectivity index (χ4n) is 9.89. The van der Waals surface area contributed by atoms with E-state index in [1.165, 1.54) is 26.0 Å². The molecule has 0 unspecified atom stereocenters. The van der Waals surface area contributed by atoms with Crippen molar-refractivity contribution in [2.45, 2.75) is 134 Å². The van der Waals surface area contributed by atoms with E-state index in [-0.39, 0.29) is 49.3 Å². The molecule has 308 valence electrons. The van der Waals surface area contributed by atoms with E-state index in [1.54, 1.807) is 63.2 Å². The predicted molar refractivity (Wildman–Crippen MR) is 205 cm³/mol. The van der Waals surface area contributed by atoms with Crippen LogP contribution >= 0.6 is 0 Å². The van der Waals surface area contributed by atoms with E-state index in [1.807, 2.05) is 13.0 Å². The van der Waals surface area contributed by atoms with E-state index in [4.69, 9.17) is 18.9 Å². The van der Waals surface area contributed by atoms with Crippen LogP contribution in [0.25, 0.3) is 0 Å². The van der Waals surface area contributed by atoms with Gasteiger partial charge in [0.25, 0.3) is 0 Å². The monoisotopic (exact) mass is 789 g/mol. The van der Waals surface area contributed by atoms with Gasteiger partial charge in [0.05, 0.1) is 42.1 Å². The molecule has 1 aliphatic heterocycles. The molecular weight excluding hydrogens is 734 g/mol. The lowest BCUT2D eigenvalue weighted by Gasteiger charge is -2.67. The normalized spacial score (nSPS) is 33.2.